The van der Waals surface area contributed by atoms with Crippen LogP contribution in [-0.4, -0.2) is 40.9 Å². The van der Waals surface area contributed by atoms with Gasteiger partial charge in [0.2, 0.25) is 0 Å². The first-order valence-corrected chi connectivity index (χ1v) is 11.1. The first-order chi connectivity index (χ1) is 15.4. The van der Waals surface area contributed by atoms with E-state index in [0.29, 0.717) is 20.6 Å². The third-order valence-electron chi connectivity index (χ3n) is 4.86. The number of thiophene rings is 1. The molecule has 2 N–H and O–H groups in total. The van der Waals surface area contributed by atoms with Gasteiger partial charge in [0.25, 0.3) is 11.5 Å². The summed E-state index contributed by atoms with van der Waals surface area (Å²) in [4.78, 5) is 38.8. The Bertz CT molecular complexity index is 1240. The van der Waals surface area contributed by atoms with E-state index in [-0.39, 0.29) is 41.7 Å². The second-order valence-corrected chi connectivity index (χ2v) is 9.05. The van der Waals surface area contributed by atoms with Gasteiger partial charge >= 0.3 is 6.09 Å². The maximum absolute atomic E-state index is 12.4. The number of halogens is 2. The number of benzene rings is 1. The highest BCUT2D eigenvalue weighted by Crippen LogP contribution is 2.29. The minimum absolute atomic E-state index is 0.145. The van der Waals surface area contributed by atoms with Crippen LogP contribution >= 0.6 is 34.5 Å². The molecular weight excluding hydrogens is 477 g/mol. The van der Waals surface area contributed by atoms with Gasteiger partial charge in [-0.2, -0.15) is 0 Å². The van der Waals surface area contributed by atoms with E-state index >= 15 is 0 Å². The van der Waals surface area contributed by atoms with E-state index in [4.69, 9.17) is 27.9 Å². The Balaban J connectivity index is 1.46. The smallest absolute Gasteiger partial charge is 0.414 e. The van der Waals surface area contributed by atoms with Crippen LogP contribution in [0.3, 0.4) is 0 Å². The number of carbonyl (C=O) groups is 2. The van der Waals surface area contributed by atoms with Gasteiger partial charge in [-0.05, 0) is 42.5 Å². The second kappa shape index (κ2) is 9.33. The number of aliphatic hydroxyl groups excluding tert-OH is 1. The van der Waals surface area contributed by atoms with Crippen molar-refractivity contribution in [1.82, 2.24) is 9.88 Å². The molecule has 0 unspecified atom stereocenters. The lowest BCUT2D eigenvalue weighted by atomic mass is 10.2. The highest BCUT2D eigenvalue weighted by molar-refractivity contribution is 7.18. The molecule has 4 rings (SSSR count). The van der Waals surface area contributed by atoms with Gasteiger partial charge in [0.1, 0.15) is 6.10 Å². The number of anilines is 1. The van der Waals surface area contributed by atoms with E-state index in [2.05, 4.69) is 5.32 Å². The van der Waals surface area contributed by atoms with Crippen LogP contribution in [0.1, 0.15) is 15.2 Å². The lowest BCUT2D eigenvalue weighted by Gasteiger charge is -2.16. The molecule has 0 saturated carbocycles. The van der Waals surface area contributed by atoms with Crippen LogP contribution in [0.2, 0.25) is 9.36 Å². The Hall–Kier alpha value is -2.85. The maximum atomic E-state index is 12.4. The number of nitrogens with zero attached hydrogens (tertiary/aromatic N) is 2. The highest BCUT2D eigenvalue weighted by atomic mass is 35.5. The first-order valence-electron chi connectivity index (χ1n) is 9.50. The zero-order valence-corrected chi connectivity index (χ0v) is 18.8. The molecule has 0 spiro atoms. The van der Waals surface area contributed by atoms with Crippen molar-refractivity contribution in [1.29, 1.82) is 0 Å². The molecule has 0 bridgehead atoms. The van der Waals surface area contributed by atoms with Gasteiger partial charge in [-0.25, -0.2) is 4.79 Å². The summed E-state index contributed by atoms with van der Waals surface area (Å²) in [5.41, 5.74) is 0.772. The van der Waals surface area contributed by atoms with Gasteiger partial charge in [-0.1, -0.05) is 23.2 Å². The van der Waals surface area contributed by atoms with Gasteiger partial charge in [0.15, 0.2) is 0 Å². The summed E-state index contributed by atoms with van der Waals surface area (Å²) in [6.45, 7) is -0.0157. The summed E-state index contributed by atoms with van der Waals surface area (Å²) in [6, 6.07) is 11.3. The molecule has 1 atom stereocenters. The van der Waals surface area contributed by atoms with E-state index in [0.717, 1.165) is 11.3 Å². The maximum Gasteiger partial charge on any atom is 0.414 e. The molecule has 1 aliphatic heterocycles. The number of amides is 2. The molecule has 11 heteroatoms. The fourth-order valence-corrected chi connectivity index (χ4v) is 4.50. The number of hydrogen-bond acceptors (Lipinski definition) is 6. The second-order valence-electron chi connectivity index (χ2n) is 6.93. The van der Waals surface area contributed by atoms with Crippen molar-refractivity contribution in [3.63, 3.8) is 0 Å². The topological polar surface area (TPSA) is 101 Å². The van der Waals surface area contributed by atoms with Crippen LogP contribution in [0, 0.1) is 0 Å². The van der Waals surface area contributed by atoms with Crippen molar-refractivity contribution in [2.45, 2.75) is 12.7 Å². The fourth-order valence-electron chi connectivity index (χ4n) is 3.28. The molecule has 32 heavy (non-hydrogen) atoms. The van der Waals surface area contributed by atoms with Gasteiger partial charge < -0.3 is 15.2 Å². The fraction of sp³-hybridized carbons (Fsp3) is 0.190. The first kappa shape index (κ1) is 22.3. The third kappa shape index (κ3) is 4.51. The minimum atomic E-state index is -0.563. The number of hydrogen-bond donors (Lipinski definition) is 2. The van der Waals surface area contributed by atoms with E-state index in [1.807, 2.05) is 0 Å². The molecule has 8 nitrogen and oxygen atoms in total. The summed E-state index contributed by atoms with van der Waals surface area (Å²) < 4.78 is 7.19. The zero-order chi connectivity index (χ0) is 22.8. The molecule has 166 valence electrons. The Morgan fingerprint density at radius 1 is 1.22 bits per heavy atom. The van der Waals surface area contributed by atoms with Crippen molar-refractivity contribution < 1.29 is 19.4 Å². The lowest BCUT2D eigenvalue weighted by Crippen LogP contribution is -2.34. The standard InChI is InChI=1S/C21H17Cl2N3O5S/c22-15-8-13(3-4-16(15)25-7-1-2-12(11-27)20(25)29)26-10-14(31-21(26)30)9-24-19(28)17-5-6-18(23)32-17/h1-8,14,27H,9-11H2,(H,24,28)/t14-/m0/s1. The van der Waals surface area contributed by atoms with Crippen molar-refractivity contribution >= 4 is 52.2 Å². The van der Waals surface area contributed by atoms with Gasteiger partial charge in [-0.3, -0.25) is 19.1 Å². The Kier molecular flexibility index (Phi) is 6.52. The highest BCUT2D eigenvalue weighted by Gasteiger charge is 2.33. The summed E-state index contributed by atoms with van der Waals surface area (Å²) in [5, 5.41) is 12.3. The molecule has 3 heterocycles. The van der Waals surface area contributed by atoms with Crippen LogP contribution < -0.4 is 15.8 Å². The van der Waals surface area contributed by atoms with E-state index in [1.54, 1.807) is 42.6 Å². The lowest BCUT2D eigenvalue weighted by molar-refractivity contribution is 0.0920. The van der Waals surface area contributed by atoms with Crippen molar-refractivity contribution in [2.24, 2.45) is 0 Å². The molecule has 2 aromatic heterocycles. The molecule has 2 amide bonds. The third-order valence-corrected chi connectivity index (χ3v) is 6.39. The van der Waals surface area contributed by atoms with Crippen molar-refractivity contribution in [3.05, 3.63) is 78.8 Å². The zero-order valence-electron chi connectivity index (χ0n) is 16.5. The predicted molar refractivity (Wildman–Crippen MR) is 122 cm³/mol. The van der Waals surface area contributed by atoms with Crippen LogP contribution in [0.25, 0.3) is 5.69 Å². The van der Waals surface area contributed by atoms with E-state index in [1.165, 1.54) is 15.5 Å². The predicted octanol–water partition coefficient (Wildman–Crippen LogP) is 3.45. The number of cyclic esters (lactones) is 1. The summed E-state index contributed by atoms with van der Waals surface area (Å²) in [6.07, 6.45) is 0.447. The van der Waals surface area contributed by atoms with Crippen LogP contribution in [-0.2, 0) is 11.3 Å². The van der Waals surface area contributed by atoms with E-state index < -0.39 is 12.2 Å². The largest absolute Gasteiger partial charge is 0.442 e. The number of carbonyl (C=O) groups excluding carboxylic acids is 2. The monoisotopic (exact) mass is 493 g/mol. The summed E-state index contributed by atoms with van der Waals surface area (Å²) >= 11 is 13.4. The van der Waals surface area contributed by atoms with Crippen molar-refractivity contribution in [3.8, 4) is 5.69 Å². The number of pyridine rings is 1. The average molecular weight is 494 g/mol. The molecule has 1 saturated heterocycles. The Morgan fingerprint density at radius 3 is 2.72 bits per heavy atom. The number of aliphatic hydroxyl groups is 1. The normalized spacial score (nSPS) is 15.7. The Morgan fingerprint density at radius 2 is 2.03 bits per heavy atom. The number of nitrogens with one attached hydrogen (secondary N) is 1. The van der Waals surface area contributed by atoms with Gasteiger partial charge in [-0.15, -0.1) is 11.3 Å². The summed E-state index contributed by atoms with van der Waals surface area (Å²) in [7, 11) is 0. The number of aromatic nitrogens is 1. The molecular formula is C21H17Cl2N3O5S. The van der Waals surface area contributed by atoms with Gasteiger partial charge in [0, 0.05) is 17.4 Å². The minimum Gasteiger partial charge on any atom is -0.442 e. The number of ether oxygens (including phenoxy) is 1. The van der Waals surface area contributed by atoms with Crippen molar-refractivity contribution in [2.75, 3.05) is 18.0 Å². The molecule has 1 aromatic carbocycles. The Labute approximate surface area is 196 Å². The SMILES string of the molecule is O=C(NC[C@H]1CN(c2ccc(-n3cccc(CO)c3=O)c(Cl)c2)C(=O)O1)c1ccc(Cl)s1. The van der Waals surface area contributed by atoms with Crippen LogP contribution in [0.15, 0.2) is 53.5 Å². The van der Waals surface area contributed by atoms with Crippen LogP contribution in [0.4, 0.5) is 10.5 Å². The number of rotatable bonds is 6. The molecule has 0 aliphatic carbocycles. The van der Waals surface area contributed by atoms with E-state index in [9.17, 15) is 19.5 Å². The average Bonchev–Trinajstić information content (AvgIpc) is 3.38. The molecule has 0 radical (unpaired) electrons. The molecule has 1 aliphatic rings. The molecule has 1 fully saturated rings. The molecule has 3 aromatic rings. The van der Waals surface area contributed by atoms with Gasteiger partial charge in [0.05, 0.1) is 39.6 Å². The quantitative estimate of drug-likeness (QED) is 0.547. The van der Waals surface area contributed by atoms with Crippen LogP contribution in [0.5, 0.6) is 0 Å². The summed E-state index contributed by atoms with van der Waals surface area (Å²) in [5.74, 6) is -0.292.